The van der Waals surface area contributed by atoms with E-state index in [1.807, 2.05) is 6.20 Å². The van der Waals surface area contributed by atoms with Crippen LogP contribution in [0.3, 0.4) is 0 Å². The maximum atomic E-state index is 4.02. The minimum atomic E-state index is 0. The van der Waals surface area contributed by atoms with E-state index >= 15 is 0 Å². The molecule has 1 aliphatic heterocycles. The van der Waals surface area contributed by atoms with Crippen molar-refractivity contribution in [1.29, 1.82) is 0 Å². The van der Waals surface area contributed by atoms with Gasteiger partial charge in [-0.25, -0.2) is 0 Å². The first kappa shape index (κ1) is 15.1. The standard InChI is InChI=1S/C12H16N4.2ClH/c1-2-11(8-13-5-1)15-10-3-4-12-9(6-10)7-14-16-12;;/h3-4,6-7,11,13,15H,1-2,5,8H2,(H,14,16);2*1H. The molecule has 1 saturated heterocycles. The van der Waals surface area contributed by atoms with Crippen molar-refractivity contribution in [3.8, 4) is 0 Å². The monoisotopic (exact) mass is 288 g/mol. The molecule has 1 aliphatic rings. The van der Waals surface area contributed by atoms with Gasteiger partial charge in [-0.15, -0.1) is 24.8 Å². The van der Waals surface area contributed by atoms with Gasteiger partial charge in [-0.05, 0) is 37.6 Å². The van der Waals surface area contributed by atoms with Crippen LogP contribution in [0.2, 0.25) is 0 Å². The van der Waals surface area contributed by atoms with E-state index in [0.717, 1.165) is 24.0 Å². The molecule has 4 nitrogen and oxygen atoms in total. The number of rotatable bonds is 2. The van der Waals surface area contributed by atoms with Gasteiger partial charge in [0, 0.05) is 23.7 Å². The lowest BCUT2D eigenvalue weighted by Gasteiger charge is -2.24. The minimum absolute atomic E-state index is 0. The van der Waals surface area contributed by atoms with Crippen molar-refractivity contribution in [2.45, 2.75) is 18.9 Å². The minimum Gasteiger partial charge on any atom is -0.381 e. The summed E-state index contributed by atoms with van der Waals surface area (Å²) in [5.41, 5.74) is 2.27. The van der Waals surface area contributed by atoms with Gasteiger partial charge in [-0.2, -0.15) is 5.10 Å². The van der Waals surface area contributed by atoms with E-state index in [4.69, 9.17) is 0 Å². The molecule has 1 aromatic carbocycles. The molecule has 1 fully saturated rings. The van der Waals surface area contributed by atoms with E-state index in [9.17, 15) is 0 Å². The number of hydrogen-bond acceptors (Lipinski definition) is 3. The number of aromatic nitrogens is 2. The smallest absolute Gasteiger partial charge is 0.0651 e. The molecule has 0 radical (unpaired) electrons. The highest BCUT2D eigenvalue weighted by molar-refractivity contribution is 5.85. The highest BCUT2D eigenvalue weighted by atomic mass is 35.5. The Hall–Kier alpha value is -0.970. The summed E-state index contributed by atoms with van der Waals surface area (Å²) in [5, 5.41) is 15.1. The molecule has 0 aliphatic carbocycles. The first-order valence-electron chi connectivity index (χ1n) is 5.82. The van der Waals surface area contributed by atoms with Crippen LogP contribution in [0.15, 0.2) is 24.4 Å². The van der Waals surface area contributed by atoms with Crippen LogP contribution in [0, 0.1) is 0 Å². The van der Waals surface area contributed by atoms with Crippen LogP contribution in [0.1, 0.15) is 12.8 Å². The maximum absolute atomic E-state index is 4.02. The van der Waals surface area contributed by atoms with E-state index in [2.05, 4.69) is 39.0 Å². The number of benzene rings is 1. The van der Waals surface area contributed by atoms with E-state index in [-0.39, 0.29) is 24.8 Å². The Morgan fingerprint density at radius 2 is 2.17 bits per heavy atom. The average molecular weight is 289 g/mol. The number of halogens is 2. The van der Waals surface area contributed by atoms with Gasteiger partial charge in [-0.3, -0.25) is 5.10 Å². The molecule has 18 heavy (non-hydrogen) atoms. The largest absolute Gasteiger partial charge is 0.381 e. The third-order valence-electron chi connectivity index (χ3n) is 3.11. The Morgan fingerprint density at radius 3 is 2.94 bits per heavy atom. The highest BCUT2D eigenvalue weighted by Gasteiger charge is 2.12. The second kappa shape index (κ2) is 6.83. The van der Waals surface area contributed by atoms with Crippen LogP contribution >= 0.6 is 24.8 Å². The number of fused-ring (bicyclic) bond motifs is 1. The summed E-state index contributed by atoms with van der Waals surface area (Å²) in [6, 6.07) is 6.88. The van der Waals surface area contributed by atoms with Gasteiger partial charge < -0.3 is 10.6 Å². The first-order valence-corrected chi connectivity index (χ1v) is 5.82. The van der Waals surface area contributed by atoms with Crippen molar-refractivity contribution in [2.75, 3.05) is 18.4 Å². The summed E-state index contributed by atoms with van der Waals surface area (Å²) in [6.45, 7) is 2.21. The molecular weight excluding hydrogens is 271 g/mol. The maximum Gasteiger partial charge on any atom is 0.0651 e. The fraction of sp³-hybridized carbons (Fsp3) is 0.417. The van der Waals surface area contributed by atoms with E-state index in [1.165, 1.54) is 18.5 Å². The highest BCUT2D eigenvalue weighted by Crippen LogP contribution is 2.18. The Balaban J connectivity index is 0.000000810. The topological polar surface area (TPSA) is 52.7 Å². The van der Waals surface area contributed by atoms with Gasteiger partial charge in [0.15, 0.2) is 0 Å². The molecule has 0 spiro atoms. The second-order valence-corrected chi connectivity index (χ2v) is 4.36. The van der Waals surface area contributed by atoms with Gasteiger partial charge in [0.2, 0.25) is 0 Å². The molecule has 3 rings (SSSR count). The Bertz CT molecular complexity index is 480. The van der Waals surface area contributed by atoms with Crippen molar-refractivity contribution >= 4 is 41.4 Å². The molecule has 0 bridgehead atoms. The van der Waals surface area contributed by atoms with E-state index in [0.29, 0.717) is 6.04 Å². The van der Waals surface area contributed by atoms with Crippen LogP contribution in [0.5, 0.6) is 0 Å². The molecule has 2 aromatic rings. The summed E-state index contributed by atoms with van der Waals surface area (Å²) >= 11 is 0. The van der Waals surface area contributed by atoms with Crippen LogP contribution in [0.4, 0.5) is 5.69 Å². The molecule has 3 N–H and O–H groups in total. The first-order chi connectivity index (χ1) is 7.92. The molecule has 1 atom stereocenters. The van der Waals surface area contributed by atoms with Crippen LogP contribution in [-0.2, 0) is 0 Å². The Labute approximate surface area is 119 Å². The molecular formula is C12H18Cl2N4. The van der Waals surface area contributed by atoms with Crippen molar-refractivity contribution in [3.05, 3.63) is 24.4 Å². The zero-order valence-corrected chi connectivity index (χ0v) is 11.6. The molecule has 0 amide bonds. The fourth-order valence-electron chi connectivity index (χ4n) is 2.24. The predicted molar refractivity (Wildman–Crippen MR) is 80.1 cm³/mol. The van der Waals surface area contributed by atoms with Crippen LogP contribution in [0.25, 0.3) is 10.9 Å². The lowest BCUT2D eigenvalue weighted by molar-refractivity contribution is 0.480. The summed E-state index contributed by atoms with van der Waals surface area (Å²) in [4.78, 5) is 0. The van der Waals surface area contributed by atoms with Crippen molar-refractivity contribution < 1.29 is 0 Å². The zero-order chi connectivity index (χ0) is 10.8. The van der Waals surface area contributed by atoms with Gasteiger partial charge in [0.05, 0.1) is 11.7 Å². The number of H-pyrrole nitrogens is 1. The number of piperidine rings is 1. The van der Waals surface area contributed by atoms with Crippen molar-refractivity contribution in [1.82, 2.24) is 15.5 Å². The molecule has 2 heterocycles. The third kappa shape index (κ3) is 3.28. The third-order valence-corrected chi connectivity index (χ3v) is 3.11. The van der Waals surface area contributed by atoms with Gasteiger partial charge in [0.25, 0.3) is 0 Å². The average Bonchev–Trinajstić information content (AvgIpc) is 2.77. The lowest BCUT2D eigenvalue weighted by atomic mass is 10.1. The Morgan fingerprint density at radius 1 is 1.28 bits per heavy atom. The number of aromatic amines is 1. The number of nitrogens with one attached hydrogen (secondary N) is 3. The molecule has 1 unspecified atom stereocenters. The molecule has 6 heteroatoms. The summed E-state index contributed by atoms with van der Waals surface area (Å²) in [5.74, 6) is 0. The lowest BCUT2D eigenvalue weighted by Crippen LogP contribution is -2.38. The Kier molecular flexibility index (Phi) is 5.72. The van der Waals surface area contributed by atoms with Gasteiger partial charge in [-0.1, -0.05) is 0 Å². The molecule has 0 saturated carbocycles. The van der Waals surface area contributed by atoms with Crippen molar-refractivity contribution in [3.63, 3.8) is 0 Å². The summed E-state index contributed by atoms with van der Waals surface area (Å²) in [7, 11) is 0. The van der Waals surface area contributed by atoms with Gasteiger partial charge >= 0.3 is 0 Å². The second-order valence-electron chi connectivity index (χ2n) is 4.36. The van der Waals surface area contributed by atoms with E-state index in [1.54, 1.807) is 0 Å². The number of anilines is 1. The molecule has 100 valence electrons. The SMILES string of the molecule is Cl.Cl.c1cc2[nH]ncc2cc1NC1CCCNC1. The fourth-order valence-corrected chi connectivity index (χ4v) is 2.24. The zero-order valence-electron chi connectivity index (χ0n) is 9.98. The van der Waals surface area contributed by atoms with E-state index < -0.39 is 0 Å². The van der Waals surface area contributed by atoms with Crippen LogP contribution in [-0.4, -0.2) is 29.3 Å². The predicted octanol–water partition coefficient (Wildman–Crippen LogP) is 2.57. The molecule has 1 aromatic heterocycles. The van der Waals surface area contributed by atoms with Crippen molar-refractivity contribution in [2.24, 2.45) is 0 Å². The number of hydrogen-bond donors (Lipinski definition) is 3. The number of nitrogens with zero attached hydrogens (tertiary/aromatic N) is 1. The summed E-state index contributed by atoms with van der Waals surface area (Å²) < 4.78 is 0. The summed E-state index contributed by atoms with van der Waals surface area (Å²) in [6.07, 6.45) is 4.36. The van der Waals surface area contributed by atoms with Crippen LogP contribution < -0.4 is 10.6 Å². The van der Waals surface area contributed by atoms with Gasteiger partial charge in [0.1, 0.15) is 0 Å². The normalized spacial score (nSPS) is 18.8. The quantitative estimate of drug-likeness (QED) is 0.796.